The zero-order valence-corrected chi connectivity index (χ0v) is 13.7. The number of aromatic nitrogens is 2. The van der Waals surface area contributed by atoms with E-state index in [4.69, 9.17) is 0 Å². The van der Waals surface area contributed by atoms with Crippen molar-refractivity contribution in [3.63, 3.8) is 0 Å². The summed E-state index contributed by atoms with van der Waals surface area (Å²) >= 11 is 0. The fourth-order valence-electron chi connectivity index (χ4n) is 3.30. The van der Waals surface area contributed by atoms with E-state index < -0.39 is 0 Å². The number of H-pyrrole nitrogens is 1. The van der Waals surface area contributed by atoms with E-state index in [1.54, 1.807) is 0 Å². The summed E-state index contributed by atoms with van der Waals surface area (Å²) in [6.07, 6.45) is 7.10. The van der Waals surface area contributed by atoms with Crippen LogP contribution in [0.15, 0.2) is 6.20 Å². The monoisotopic (exact) mass is 277 g/mol. The number of likely N-dealkylation sites (tertiary alicyclic amines) is 1. The van der Waals surface area contributed by atoms with E-state index in [1.807, 2.05) is 6.20 Å². The molecule has 2 heterocycles. The van der Waals surface area contributed by atoms with Crippen molar-refractivity contribution in [3.8, 4) is 0 Å². The van der Waals surface area contributed by atoms with Crippen LogP contribution in [0.3, 0.4) is 0 Å². The van der Waals surface area contributed by atoms with Gasteiger partial charge in [-0.25, -0.2) is 0 Å². The lowest BCUT2D eigenvalue weighted by Gasteiger charge is -2.34. The molecule has 0 bridgehead atoms. The molecule has 0 aliphatic carbocycles. The van der Waals surface area contributed by atoms with E-state index >= 15 is 0 Å². The number of nitrogens with zero attached hydrogens (tertiary/aromatic N) is 2. The summed E-state index contributed by atoms with van der Waals surface area (Å²) in [5.41, 5.74) is 2.85. The average Bonchev–Trinajstić information content (AvgIpc) is 2.86. The summed E-state index contributed by atoms with van der Waals surface area (Å²) in [7, 11) is 0. The van der Waals surface area contributed by atoms with Gasteiger partial charge in [0.1, 0.15) is 0 Å². The zero-order valence-electron chi connectivity index (χ0n) is 13.7. The normalized spacial score (nSPS) is 22.4. The van der Waals surface area contributed by atoms with Crippen molar-refractivity contribution in [2.24, 2.45) is 11.8 Å². The van der Waals surface area contributed by atoms with Crippen molar-refractivity contribution in [1.82, 2.24) is 15.1 Å². The molecule has 1 saturated heterocycles. The summed E-state index contributed by atoms with van der Waals surface area (Å²) in [6, 6.07) is 0. The third kappa shape index (κ3) is 4.08. The van der Waals surface area contributed by atoms with Gasteiger partial charge in [-0.15, -0.1) is 0 Å². The van der Waals surface area contributed by atoms with Crippen molar-refractivity contribution in [2.45, 2.75) is 59.3 Å². The number of nitrogens with one attached hydrogen (secondary N) is 1. The molecule has 0 amide bonds. The van der Waals surface area contributed by atoms with E-state index in [9.17, 15) is 0 Å². The molecule has 1 aromatic heterocycles. The lowest BCUT2D eigenvalue weighted by molar-refractivity contribution is 0.180. The highest BCUT2D eigenvalue weighted by atomic mass is 15.2. The molecular weight excluding hydrogens is 246 g/mol. The molecule has 0 saturated carbocycles. The molecule has 1 fully saturated rings. The van der Waals surface area contributed by atoms with Gasteiger partial charge in [0.25, 0.3) is 0 Å². The van der Waals surface area contributed by atoms with Crippen LogP contribution in [0.1, 0.15) is 64.1 Å². The zero-order chi connectivity index (χ0) is 14.5. The van der Waals surface area contributed by atoms with E-state index in [0.717, 1.165) is 12.3 Å². The molecule has 2 atom stereocenters. The molecule has 0 radical (unpaired) electrons. The van der Waals surface area contributed by atoms with Crippen LogP contribution in [0.25, 0.3) is 0 Å². The highest BCUT2D eigenvalue weighted by molar-refractivity contribution is 5.22. The molecule has 1 N–H and O–H groups in total. The Morgan fingerprint density at radius 1 is 1.40 bits per heavy atom. The van der Waals surface area contributed by atoms with Crippen LogP contribution in [-0.4, -0.2) is 34.7 Å². The van der Waals surface area contributed by atoms with Crippen molar-refractivity contribution < 1.29 is 0 Å². The Balaban J connectivity index is 2.00. The van der Waals surface area contributed by atoms with Gasteiger partial charge in [-0.2, -0.15) is 5.10 Å². The van der Waals surface area contributed by atoms with Gasteiger partial charge in [-0.3, -0.25) is 5.10 Å². The van der Waals surface area contributed by atoms with Gasteiger partial charge in [0.05, 0.1) is 6.20 Å². The maximum atomic E-state index is 4.31. The molecule has 3 heteroatoms. The van der Waals surface area contributed by atoms with Gasteiger partial charge in [-0.1, -0.05) is 34.1 Å². The molecule has 2 rings (SSSR count). The van der Waals surface area contributed by atoms with Crippen LogP contribution in [0.4, 0.5) is 0 Å². The average molecular weight is 277 g/mol. The molecule has 0 spiro atoms. The van der Waals surface area contributed by atoms with Crippen molar-refractivity contribution >= 4 is 0 Å². The summed E-state index contributed by atoms with van der Waals surface area (Å²) in [5.74, 6) is 2.17. The van der Waals surface area contributed by atoms with E-state index in [1.165, 1.54) is 50.2 Å². The highest BCUT2D eigenvalue weighted by Crippen LogP contribution is 2.29. The van der Waals surface area contributed by atoms with Crippen LogP contribution in [0, 0.1) is 11.8 Å². The number of rotatable bonds is 6. The lowest BCUT2D eigenvalue weighted by atomic mass is 9.90. The molecular formula is C17H31N3. The maximum Gasteiger partial charge on any atom is 0.0522 e. The molecule has 0 aromatic carbocycles. The number of hydrogen-bond acceptors (Lipinski definition) is 2. The summed E-state index contributed by atoms with van der Waals surface area (Å²) < 4.78 is 0. The minimum absolute atomic E-state index is 0.657. The third-order valence-electron chi connectivity index (χ3n) is 4.56. The largest absolute Gasteiger partial charge is 0.302 e. The Morgan fingerprint density at radius 3 is 2.90 bits per heavy atom. The van der Waals surface area contributed by atoms with Crippen molar-refractivity contribution in [2.75, 3.05) is 19.6 Å². The Morgan fingerprint density at radius 2 is 2.20 bits per heavy atom. The molecule has 0 unspecified atom stereocenters. The number of aromatic amines is 1. The summed E-state index contributed by atoms with van der Waals surface area (Å²) in [5, 5.41) is 7.60. The van der Waals surface area contributed by atoms with E-state index in [2.05, 4.69) is 42.8 Å². The van der Waals surface area contributed by atoms with Crippen LogP contribution >= 0.6 is 0 Å². The van der Waals surface area contributed by atoms with Crippen molar-refractivity contribution in [1.29, 1.82) is 0 Å². The lowest BCUT2D eigenvalue weighted by Crippen LogP contribution is -2.37. The van der Waals surface area contributed by atoms with E-state index in [0.29, 0.717) is 11.8 Å². The Kier molecular flexibility index (Phi) is 5.64. The second-order valence-electron chi connectivity index (χ2n) is 7.02. The second-order valence-corrected chi connectivity index (χ2v) is 7.02. The van der Waals surface area contributed by atoms with Gasteiger partial charge in [0.2, 0.25) is 0 Å². The van der Waals surface area contributed by atoms with Gasteiger partial charge >= 0.3 is 0 Å². The van der Waals surface area contributed by atoms with Gasteiger partial charge in [0.15, 0.2) is 0 Å². The predicted molar refractivity (Wildman–Crippen MR) is 85.0 cm³/mol. The molecule has 3 nitrogen and oxygen atoms in total. The molecule has 1 aliphatic heterocycles. The van der Waals surface area contributed by atoms with Gasteiger partial charge < -0.3 is 4.90 Å². The maximum absolute atomic E-state index is 4.31. The first kappa shape index (κ1) is 15.6. The summed E-state index contributed by atoms with van der Waals surface area (Å²) in [6.45, 7) is 13.0. The topological polar surface area (TPSA) is 31.9 Å². The molecule has 1 aliphatic rings. The second kappa shape index (κ2) is 7.26. The van der Waals surface area contributed by atoms with Crippen LogP contribution < -0.4 is 0 Å². The first-order chi connectivity index (χ1) is 9.60. The Labute approximate surface area is 124 Å². The first-order valence-corrected chi connectivity index (χ1v) is 8.34. The predicted octanol–water partition coefficient (Wildman–Crippen LogP) is 3.83. The first-order valence-electron chi connectivity index (χ1n) is 8.34. The molecule has 1 aromatic rings. The smallest absolute Gasteiger partial charge is 0.0522 e. The van der Waals surface area contributed by atoms with Crippen LogP contribution in [0.5, 0.6) is 0 Å². The minimum Gasteiger partial charge on any atom is -0.302 e. The standard InChI is InChI=1S/C17H31N3/c1-5-14(4)11-20-8-6-7-15(12-20)17-16(9-13(2)3)10-18-19-17/h10,13-15H,5-9,11-12H2,1-4H3,(H,18,19)/t14-,15+/m1/s1. The number of piperidine rings is 1. The fraction of sp³-hybridized carbons (Fsp3) is 0.824. The van der Waals surface area contributed by atoms with Crippen LogP contribution in [-0.2, 0) is 6.42 Å². The third-order valence-corrected chi connectivity index (χ3v) is 4.56. The SMILES string of the molecule is CC[C@@H](C)CN1CCC[C@H](c2[nH]ncc2CC(C)C)C1. The minimum atomic E-state index is 0.657. The van der Waals surface area contributed by atoms with E-state index in [-0.39, 0.29) is 0 Å². The molecule has 114 valence electrons. The van der Waals surface area contributed by atoms with Gasteiger partial charge in [-0.05, 0) is 43.2 Å². The quantitative estimate of drug-likeness (QED) is 0.857. The fourth-order valence-corrected chi connectivity index (χ4v) is 3.30. The van der Waals surface area contributed by atoms with Crippen LogP contribution in [0.2, 0.25) is 0 Å². The Bertz CT molecular complexity index is 397. The Hall–Kier alpha value is -0.830. The molecule has 20 heavy (non-hydrogen) atoms. The summed E-state index contributed by atoms with van der Waals surface area (Å²) in [4.78, 5) is 2.66. The number of hydrogen-bond donors (Lipinski definition) is 1. The van der Waals surface area contributed by atoms with Crippen molar-refractivity contribution in [3.05, 3.63) is 17.5 Å². The van der Waals surface area contributed by atoms with Gasteiger partial charge in [0, 0.05) is 24.7 Å². The highest BCUT2D eigenvalue weighted by Gasteiger charge is 2.25.